The molecule has 1 heteroatoms. The van der Waals surface area contributed by atoms with Crippen LogP contribution in [-0.2, 0) is 0 Å². The van der Waals surface area contributed by atoms with Crippen LogP contribution in [-0.4, -0.2) is 5.38 Å². The molecule has 0 N–H and O–H groups in total. The normalized spacial score (nSPS) is 11.7. The van der Waals surface area contributed by atoms with Gasteiger partial charge >= 0.3 is 0 Å². The lowest BCUT2D eigenvalue weighted by atomic mass is 10.0. The molecule has 1 aromatic carbocycles. The minimum Gasteiger partial charge on any atom is -0.123 e. The van der Waals surface area contributed by atoms with Crippen LogP contribution in [0.25, 0.3) is 0 Å². The van der Waals surface area contributed by atoms with Crippen molar-refractivity contribution in [1.82, 2.24) is 0 Å². The van der Waals surface area contributed by atoms with Gasteiger partial charge in [-0.05, 0) is 12.8 Å². The van der Waals surface area contributed by atoms with Gasteiger partial charge in [-0.3, -0.25) is 0 Å². The number of hydrogen-bond donors (Lipinski definition) is 0. The van der Waals surface area contributed by atoms with Crippen molar-refractivity contribution >= 4 is 11.6 Å². The monoisotopic (exact) mass is 464 g/mol. The summed E-state index contributed by atoms with van der Waals surface area (Å²) in [7, 11) is 0. The van der Waals surface area contributed by atoms with Crippen LogP contribution in [0.15, 0.2) is 36.4 Å². The first-order chi connectivity index (χ1) is 15.8. The third kappa shape index (κ3) is 27.5. The van der Waals surface area contributed by atoms with Crippen molar-refractivity contribution in [3.8, 4) is 0 Å². The molecule has 0 heterocycles. The Morgan fingerprint density at radius 3 is 0.938 bits per heavy atom. The average Bonchev–Trinajstić information content (AvgIpc) is 2.83. The highest BCUT2D eigenvalue weighted by atomic mass is 35.5. The molecular formula is C31H57Cl. The summed E-state index contributed by atoms with van der Waals surface area (Å²) in [6.45, 7) is 4.55. The summed E-state index contributed by atoms with van der Waals surface area (Å²) in [6.07, 6.45) is 31.1. The molecule has 0 fully saturated rings. The van der Waals surface area contributed by atoms with Gasteiger partial charge in [-0.25, -0.2) is 0 Å². The van der Waals surface area contributed by atoms with Crippen LogP contribution in [0.2, 0.25) is 0 Å². The Morgan fingerprint density at radius 2 is 0.625 bits per heavy atom. The Labute approximate surface area is 208 Å². The predicted molar refractivity (Wildman–Crippen MR) is 149 cm³/mol. The number of halogens is 1. The third-order valence-corrected chi connectivity index (χ3v) is 6.84. The molecule has 0 nitrogen and oxygen atoms in total. The van der Waals surface area contributed by atoms with E-state index in [1.807, 2.05) is 36.4 Å². The SMILES string of the molecule is CCCCCCCCCCCCCCCCCCCCC(Cl)CCCC.c1ccccc1. The molecule has 0 amide bonds. The Bertz CT molecular complexity index is 389. The fraction of sp³-hybridized carbons (Fsp3) is 0.806. The van der Waals surface area contributed by atoms with Crippen molar-refractivity contribution < 1.29 is 0 Å². The molecule has 1 unspecified atom stereocenters. The molecule has 1 rings (SSSR count). The molecule has 32 heavy (non-hydrogen) atoms. The van der Waals surface area contributed by atoms with E-state index in [0.29, 0.717) is 5.38 Å². The lowest BCUT2D eigenvalue weighted by molar-refractivity contribution is 0.519. The highest BCUT2D eigenvalue weighted by Gasteiger charge is 2.03. The maximum Gasteiger partial charge on any atom is 0.0336 e. The summed E-state index contributed by atoms with van der Waals surface area (Å²) in [5.41, 5.74) is 0. The van der Waals surface area contributed by atoms with E-state index in [2.05, 4.69) is 13.8 Å². The molecule has 1 aromatic rings. The lowest BCUT2D eigenvalue weighted by Gasteiger charge is -2.08. The standard InChI is InChI=1S/C25H51Cl.C6H6/c1-3-5-7-8-9-10-11-12-13-14-15-16-17-18-19-20-21-22-24-25(26)23-6-4-2;1-2-4-6-5-3-1/h25H,3-24H2,1-2H3;1-6H. The number of alkyl halides is 1. The molecule has 0 radical (unpaired) electrons. The van der Waals surface area contributed by atoms with E-state index in [0.717, 1.165) is 0 Å². The van der Waals surface area contributed by atoms with Gasteiger partial charge in [0.1, 0.15) is 0 Å². The van der Waals surface area contributed by atoms with Crippen molar-refractivity contribution in [2.45, 2.75) is 160 Å². The highest BCUT2D eigenvalue weighted by molar-refractivity contribution is 6.20. The van der Waals surface area contributed by atoms with E-state index in [1.165, 1.54) is 141 Å². The van der Waals surface area contributed by atoms with E-state index in [1.54, 1.807) is 0 Å². The van der Waals surface area contributed by atoms with Crippen LogP contribution in [0, 0.1) is 0 Å². The molecule has 0 spiro atoms. The van der Waals surface area contributed by atoms with Crippen molar-refractivity contribution in [1.29, 1.82) is 0 Å². The number of benzene rings is 1. The maximum atomic E-state index is 6.34. The molecule has 188 valence electrons. The number of rotatable bonds is 22. The number of unbranched alkanes of at least 4 members (excludes halogenated alkanes) is 18. The zero-order valence-corrected chi connectivity index (χ0v) is 22.7. The summed E-state index contributed by atoms with van der Waals surface area (Å²) >= 11 is 6.34. The quantitative estimate of drug-likeness (QED) is 0.118. The summed E-state index contributed by atoms with van der Waals surface area (Å²) in [5, 5.41) is 0.441. The topological polar surface area (TPSA) is 0 Å². The Kier molecular flexibility index (Phi) is 28.1. The fourth-order valence-electron chi connectivity index (χ4n) is 4.22. The zero-order chi connectivity index (χ0) is 23.4. The molecule has 0 saturated heterocycles. The van der Waals surface area contributed by atoms with Gasteiger partial charge in [-0.2, -0.15) is 0 Å². The van der Waals surface area contributed by atoms with Gasteiger partial charge in [0.15, 0.2) is 0 Å². The molecule has 0 aliphatic heterocycles. The second kappa shape index (κ2) is 28.5. The maximum absolute atomic E-state index is 6.34. The van der Waals surface area contributed by atoms with Gasteiger partial charge in [-0.15, -0.1) is 11.6 Å². The molecule has 0 aliphatic carbocycles. The smallest absolute Gasteiger partial charge is 0.0336 e. The van der Waals surface area contributed by atoms with E-state index >= 15 is 0 Å². The van der Waals surface area contributed by atoms with Gasteiger partial charge in [0, 0.05) is 5.38 Å². The van der Waals surface area contributed by atoms with Gasteiger partial charge in [0.05, 0.1) is 0 Å². The average molecular weight is 465 g/mol. The van der Waals surface area contributed by atoms with Crippen LogP contribution < -0.4 is 0 Å². The van der Waals surface area contributed by atoms with Gasteiger partial charge in [0.2, 0.25) is 0 Å². The van der Waals surface area contributed by atoms with Crippen LogP contribution in [0.3, 0.4) is 0 Å². The molecule has 0 aromatic heterocycles. The molecule has 0 saturated carbocycles. The predicted octanol–water partition coefficient (Wildman–Crippen LogP) is 11.9. The fourth-order valence-corrected chi connectivity index (χ4v) is 4.53. The van der Waals surface area contributed by atoms with Crippen LogP contribution in [0.1, 0.15) is 155 Å². The van der Waals surface area contributed by atoms with E-state index in [-0.39, 0.29) is 0 Å². The molecule has 1 atom stereocenters. The second-order valence-electron chi connectivity index (χ2n) is 9.69. The second-order valence-corrected chi connectivity index (χ2v) is 10.3. The largest absolute Gasteiger partial charge is 0.123 e. The van der Waals surface area contributed by atoms with Crippen LogP contribution >= 0.6 is 11.6 Å². The molecule has 0 bridgehead atoms. The Morgan fingerprint density at radius 1 is 0.375 bits per heavy atom. The zero-order valence-electron chi connectivity index (χ0n) is 22.0. The summed E-state index contributed by atoms with van der Waals surface area (Å²) in [6, 6.07) is 12.0. The van der Waals surface area contributed by atoms with Crippen molar-refractivity contribution in [2.75, 3.05) is 0 Å². The Hall–Kier alpha value is -0.490. The van der Waals surface area contributed by atoms with Gasteiger partial charge in [-0.1, -0.05) is 179 Å². The van der Waals surface area contributed by atoms with E-state index in [4.69, 9.17) is 11.6 Å². The molecular weight excluding hydrogens is 408 g/mol. The summed E-state index contributed by atoms with van der Waals surface area (Å²) < 4.78 is 0. The first-order valence-corrected chi connectivity index (χ1v) is 14.9. The first kappa shape index (κ1) is 31.5. The Balaban J connectivity index is 0.00000136. The number of hydrogen-bond acceptors (Lipinski definition) is 0. The van der Waals surface area contributed by atoms with Gasteiger partial charge in [0.25, 0.3) is 0 Å². The van der Waals surface area contributed by atoms with Crippen LogP contribution in [0.5, 0.6) is 0 Å². The minimum atomic E-state index is 0.441. The van der Waals surface area contributed by atoms with Crippen molar-refractivity contribution in [2.24, 2.45) is 0 Å². The summed E-state index contributed by atoms with van der Waals surface area (Å²) in [5.74, 6) is 0. The van der Waals surface area contributed by atoms with Crippen molar-refractivity contribution in [3.63, 3.8) is 0 Å². The van der Waals surface area contributed by atoms with Crippen molar-refractivity contribution in [3.05, 3.63) is 36.4 Å². The summed E-state index contributed by atoms with van der Waals surface area (Å²) in [4.78, 5) is 0. The third-order valence-electron chi connectivity index (χ3n) is 6.41. The minimum absolute atomic E-state index is 0.441. The molecule has 0 aliphatic rings. The first-order valence-electron chi connectivity index (χ1n) is 14.4. The van der Waals surface area contributed by atoms with E-state index < -0.39 is 0 Å². The highest BCUT2D eigenvalue weighted by Crippen LogP contribution is 2.17. The van der Waals surface area contributed by atoms with Crippen LogP contribution in [0.4, 0.5) is 0 Å². The van der Waals surface area contributed by atoms with E-state index in [9.17, 15) is 0 Å². The van der Waals surface area contributed by atoms with Gasteiger partial charge < -0.3 is 0 Å². The lowest BCUT2D eigenvalue weighted by Crippen LogP contribution is -1.97.